The molecule has 2 aromatic carbocycles. The molecule has 1 aliphatic rings. The number of para-hydroxylation sites is 2. The molecule has 2 aromatic rings. The monoisotopic (exact) mass is 414 g/mol. The van der Waals surface area contributed by atoms with Crippen LogP contribution in [0, 0.1) is 0 Å². The predicted molar refractivity (Wildman–Crippen MR) is 94.4 cm³/mol. The SMILES string of the molecule is O=C(NCC1COc2ccccc2O1)C(=O)Nc1ccc(Cl)cc1C(F)(F)F. The minimum Gasteiger partial charge on any atom is -0.486 e. The molecule has 0 aromatic heterocycles. The first-order valence-corrected chi connectivity index (χ1v) is 8.46. The van der Waals surface area contributed by atoms with Crippen molar-refractivity contribution in [3.8, 4) is 11.5 Å². The van der Waals surface area contributed by atoms with Gasteiger partial charge in [-0.05, 0) is 30.3 Å². The zero-order chi connectivity index (χ0) is 20.3. The van der Waals surface area contributed by atoms with Crippen molar-refractivity contribution in [3.63, 3.8) is 0 Å². The highest BCUT2D eigenvalue weighted by molar-refractivity contribution is 6.39. The Bertz CT molecular complexity index is 905. The van der Waals surface area contributed by atoms with Gasteiger partial charge in [0.2, 0.25) is 0 Å². The maximum absolute atomic E-state index is 13.1. The molecule has 0 aliphatic carbocycles. The second-order valence-corrected chi connectivity index (χ2v) is 6.29. The van der Waals surface area contributed by atoms with Crippen LogP contribution < -0.4 is 20.1 Å². The molecule has 1 aliphatic heterocycles. The second kappa shape index (κ2) is 7.97. The van der Waals surface area contributed by atoms with Gasteiger partial charge in [0.25, 0.3) is 0 Å². The van der Waals surface area contributed by atoms with E-state index in [1.165, 1.54) is 6.07 Å². The molecule has 0 saturated heterocycles. The Balaban J connectivity index is 1.58. The lowest BCUT2D eigenvalue weighted by Crippen LogP contribution is -2.44. The average Bonchev–Trinajstić information content (AvgIpc) is 2.66. The van der Waals surface area contributed by atoms with Gasteiger partial charge >= 0.3 is 18.0 Å². The molecular weight excluding hydrogens is 401 g/mol. The number of ether oxygens (including phenoxy) is 2. The van der Waals surface area contributed by atoms with Crippen molar-refractivity contribution < 1.29 is 32.2 Å². The maximum atomic E-state index is 13.1. The number of fused-ring (bicyclic) bond motifs is 1. The van der Waals surface area contributed by atoms with E-state index in [0.29, 0.717) is 17.6 Å². The van der Waals surface area contributed by atoms with Gasteiger partial charge in [0.05, 0.1) is 17.8 Å². The lowest BCUT2D eigenvalue weighted by Gasteiger charge is -2.26. The molecule has 28 heavy (non-hydrogen) atoms. The van der Waals surface area contributed by atoms with E-state index >= 15 is 0 Å². The first kappa shape index (κ1) is 19.8. The van der Waals surface area contributed by atoms with E-state index < -0.39 is 35.3 Å². The van der Waals surface area contributed by atoms with E-state index in [0.717, 1.165) is 6.07 Å². The lowest BCUT2D eigenvalue weighted by molar-refractivity contribution is -0.138. The van der Waals surface area contributed by atoms with Gasteiger partial charge in [-0.2, -0.15) is 13.2 Å². The number of amides is 2. The van der Waals surface area contributed by atoms with Crippen LogP contribution in [0.15, 0.2) is 42.5 Å². The number of alkyl halides is 3. The van der Waals surface area contributed by atoms with Crippen molar-refractivity contribution in [1.82, 2.24) is 5.32 Å². The molecule has 0 bridgehead atoms. The van der Waals surface area contributed by atoms with E-state index in [2.05, 4.69) is 5.32 Å². The summed E-state index contributed by atoms with van der Waals surface area (Å²) in [7, 11) is 0. The fraction of sp³-hybridized carbons (Fsp3) is 0.222. The largest absolute Gasteiger partial charge is 0.486 e. The van der Waals surface area contributed by atoms with Gasteiger partial charge in [0.15, 0.2) is 11.5 Å². The third-order valence-electron chi connectivity index (χ3n) is 3.80. The highest BCUT2D eigenvalue weighted by atomic mass is 35.5. The second-order valence-electron chi connectivity index (χ2n) is 5.85. The van der Waals surface area contributed by atoms with Gasteiger partial charge in [-0.25, -0.2) is 0 Å². The molecule has 2 N–H and O–H groups in total. The molecule has 10 heteroatoms. The first-order valence-electron chi connectivity index (χ1n) is 8.08. The van der Waals surface area contributed by atoms with Gasteiger partial charge in [-0.3, -0.25) is 9.59 Å². The Morgan fingerprint density at radius 2 is 1.82 bits per heavy atom. The van der Waals surface area contributed by atoms with E-state index in [1.54, 1.807) is 24.3 Å². The van der Waals surface area contributed by atoms with E-state index in [1.807, 2.05) is 5.32 Å². The fourth-order valence-electron chi connectivity index (χ4n) is 2.49. The predicted octanol–water partition coefficient (Wildman–Crippen LogP) is 3.25. The van der Waals surface area contributed by atoms with Gasteiger partial charge in [0, 0.05) is 5.02 Å². The summed E-state index contributed by atoms with van der Waals surface area (Å²) in [5.74, 6) is -1.30. The topological polar surface area (TPSA) is 76.7 Å². The molecule has 0 spiro atoms. The first-order chi connectivity index (χ1) is 13.2. The van der Waals surface area contributed by atoms with Crippen LogP contribution in [0.25, 0.3) is 0 Å². The zero-order valence-corrected chi connectivity index (χ0v) is 14.9. The standard InChI is InChI=1S/C18H14ClF3N2O4/c19-10-5-6-13(12(7-10)18(20,21)22)24-17(26)16(25)23-8-11-9-27-14-3-1-2-4-15(14)28-11/h1-7,11H,8-9H2,(H,23,25)(H,24,26). The van der Waals surface area contributed by atoms with Crippen molar-refractivity contribution in [2.24, 2.45) is 0 Å². The quantitative estimate of drug-likeness (QED) is 0.756. The van der Waals surface area contributed by atoms with Gasteiger partial charge in [-0.1, -0.05) is 23.7 Å². The smallest absolute Gasteiger partial charge is 0.418 e. The summed E-state index contributed by atoms with van der Waals surface area (Å²) < 4.78 is 50.3. The maximum Gasteiger partial charge on any atom is 0.418 e. The van der Waals surface area contributed by atoms with Crippen molar-refractivity contribution in [3.05, 3.63) is 53.1 Å². The highest BCUT2D eigenvalue weighted by Crippen LogP contribution is 2.36. The molecule has 2 amide bonds. The third kappa shape index (κ3) is 4.66. The summed E-state index contributed by atoms with van der Waals surface area (Å²) in [4.78, 5) is 23.9. The zero-order valence-electron chi connectivity index (χ0n) is 14.2. The van der Waals surface area contributed by atoms with Crippen LogP contribution in [0.2, 0.25) is 5.02 Å². The average molecular weight is 415 g/mol. The normalized spacial score (nSPS) is 15.6. The van der Waals surface area contributed by atoms with Gasteiger partial charge in [-0.15, -0.1) is 0 Å². The lowest BCUT2D eigenvalue weighted by atomic mass is 10.1. The molecule has 148 valence electrons. The molecule has 1 atom stereocenters. The summed E-state index contributed by atoms with van der Waals surface area (Å²) in [6.07, 6.45) is -5.29. The fourth-order valence-corrected chi connectivity index (χ4v) is 2.66. The minimum absolute atomic E-state index is 0.0622. The van der Waals surface area contributed by atoms with Crippen LogP contribution >= 0.6 is 11.6 Å². The summed E-state index contributed by atoms with van der Waals surface area (Å²) in [6, 6.07) is 9.76. The number of benzene rings is 2. The molecule has 0 fully saturated rings. The van der Waals surface area contributed by atoms with E-state index in [9.17, 15) is 22.8 Å². The van der Waals surface area contributed by atoms with Crippen LogP contribution in [-0.2, 0) is 15.8 Å². The van der Waals surface area contributed by atoms with Crippen LogP contribution in [0.4, 0.5) is 18.9 Å². The summed E-state index contributed by atoms with van der Waals surface area (Å²) in [6.45, 7) is 0.0850. The summed E-state index contributed by atoms with van der Waals surface area (Å²) in [5.41, 5.74) is -1.72. The Kier molecular flexibility index (Phi) is 5.64. The van der Waals surface area contributed by atoms with Crippen molar-refractivity contribution in [1.29, 1.82) is 0 Å². The molecule has 1 heterocycles. The number of anilines is 1. The van der Waals surface area contributed by atoms with Crippen molar-refractivity contribution >= 4 is 29.1 Å². The number of hydrogen-bond donors (Lipinski definition) is 2. The van der Waals surface area contributed by atoms with E-state index in [-0.39, 0.29) is 18.2 Å². The minimum atomic E-state index is -4.75. The molecule has 6 nitrogen and oxygen atoms in total. The van der Waals surface area contributed by atoms with Crippen LogP contribution in [-0.4, -0.2) is 31.1 Å². The van der Waals surface area contributed by atoms with Crippen molar-refractivity contribution in [2.75, 3.05) is 18.5 Å². The molecule has 0 radical (unpaired) electrons. The van der Waals surface area contributed by atoms with Crippen LogP contribution in [0.3, 0.4) is 0 Å². The molecule has 3 rings (SSSR count). The number of rotatable bonds is 3. The van der Waals surface area contributed by atoms with Crippen LogP contribution in [0.5, 0.6) is 11.5 Å². The third-order valence-corrected chi connectivity index (χ3v) is 4.03. The Hall–Kier alpha value is -2.94. The van der Waals surface area contributed by atoms with Gasteiger partial charge < -0.3 is 20.1 Å². The van der Waals surface area contributed by atoms with Gasteiger partial charge in [0.1, 0.15) is 12.7 Å². The Labute approximate surface area is 162 Å². The van der Waals surface area contributed by atoms with E-state index in [4.69, 9.17) is 21.1 Å². The Morgan fingerprint density at radius 1 is 1.11 bits per heavy atom. The molecular formula is C18H14ClF3N2O4. The molecule has 1 unspecified atom stereocenters. The van der Waals surface area contributed by atoms with Crippen LogP contribution in [0.1, 0.15) is 5.56 Å². The molecule has 0 saturated carbocycles. The number of nitrogens with one attached hydrogen (secondary N) is 2. The van der Waals surface area contributed by atoms with Crippen molar-refractivity contribution in [2.45, 2.75) is 12.3 Å². The number of carbonyl (C=O) groups excluding carboxylic acids is 2. The summed E-state index contributed by atoms with van der Waals surface area (Å²) in [5, 5.41) is 4.11. The Morgan fingerprint density at radius 3 is 2.54 bits per heavy atom. The highest BCUT2D eigenvalue weighted by Gasteiger charge is 2.34. The summed E-state index contributed by atoms with van der Waals surface area (Å²) >= 11 is 5.58. The number of halogens is 4. The number of carbonyl (C=O) groups is 2. The number of hydrogen-bond acceptors (Lipinski definition) is 4.